The maximum Gasteiger partial charge on any atom is 0.234 e. The molecule has 0 radical (unpaired) electrons. The van der Waals surface area contributed by atoms with Crippen LogP contribution >= 0.6 is 0 Å². The summed E-state index contributed by atoms with van der Waals surface area (Å²) in [7, 11) is -3.62. The highest BCUT2D eigenvalue weighted by atomic mass is 32.2. The lowest BCUT2D eigenvalue weighted by molar-refractivity contribution is 0.105. The molecule has 0 aliphatic rings. The molecule has 0 amide bonds. The van der Waals surface area contributed by atoms with Crippen molar-refractivity contribution in [3.63, 3.8) is 0 Å². The molecule has 30 heavy (non-hydrogen) atoms. The van der Waals surface area contributed by atoms with Crippen molar-refractivity contribution >= 4 is 21.7 Å². The molecule has 2 rings (SSSR count). The van der Waals surface area contributed by atoms with Crippen LogP contribution in [0.1, 0.15) is 24.7 Å². The maximum atomic E-state index is 13.6. The number of aliphatic imine (C=N–C) groups is 1. The van der Waals surface area contributed by atoms with Gasteiger partial charge in [-0.05, 0) is 50.1 Å². The first kappa shape index (κ1) is 23.7. The largest absolute Gasteiger partial charge is 0.467 e. The smallest absolute Gasteiger partial charge is 0.234 e. The highest BCUT2D eigenvalue weighted by Gasteiger charge is 2.12. The summed E-state index contributed by atoms with van der Waals surface area (Å²) in [5.74, 6) is 0.666. The molecule has 1 aromatic heterocycles. The Bertz CT molecular complexity index is 902. The molecule has 0 spiro atoms. The summed E-state index contributed by atoms with van der Waals surface area (Å²) in [6.45, 7) is 5.83. The molecule has 166 valence electrons. The third kappa shape index (κ3) is 8.83. The average molecular weight is 441 g/mol. The molecular formula is C20H29FN4O4S. The van der Waals surface area contributed by atoms with Gasteiger partial charge in [0.25, 0.3) is 0 Å². The van der Waals surface area contributed by atoms with Crippen molar-refractivity contribution < 1.29 is 22.0 Å². The second kappa shape index (κ2) is 12.2. The van der Waals surface area contributed by atoms with Crippen molar-refractivity contribution in [2.24, 2.45) is 4.99 Å². The van der Waals surface area contributed by atoms with Crippen molar-refractivity contribution in [2.75, 3.05) is 36.7 Å². The molecule has 0 aliphatic carbocycles. The Morgan fingerprint density at radius 1 is 1.27 bits per heavy atom. The van der Waals surface area contributed by atoms with E-state index >= 15 is 0 Å². The Morgan fingerprint density at radius 3 is 2.80 bits per heavy atom. The van der Waals surface area contributed by atoms with E-state index in [1.54, 1.807) is 13.2 Å². The van der Waals surface area contributed by atoms with Gasteiger partial charge in [0.15, 0.2) is 5.96 Å². The highest BCUT2D eigenvalue weighted by Crippen LogP contribution is 2.14. The third-order valence-corrected chi connectivity index (χ3v) is 5.28. The molecule has 1 heterocycles. The topological polar surface area (TPSA) is 105 Å². The first-order valence-corrected chi connectivity index (χ1v) is 11.4. The lowest BCUT2D eigenvalue weighted by Gasteiger charge is -2.12. The first-order valence-electron chi connectivity index (χ1n) is 9.78. The monoisotopic (exact) mass is 440 g/mol. The second-order valence-corrected chi connectivity index (χ2v) is 8.40. The van der Waals surface area contributed by atoms with Crippen LogP contribution in [-0.4, -0.2) is 46.4 Å². The number of benzene rings is 1. The van der Waals surface area contributed by atoms with Gasteiger partial charge in [0.05, 0.1) is 17.7 Å². The minimum atomic E-state index is -3.62. The Morgan fingerprint density at radius 2 is 2.10 bits per heavy atom. The zero-order valence-corrected chi connectivity index (χ0v) is 18.1. The van der Waals surface area contributed by atoms with Crippen LogP contribution in [0.5, 0.6) is 0 Å². The zero-order valence-electron chi connectivity index (χ0n) is 17.3. The zero-order chi connectivity index (χ0) is 21.8. The number of anilines is 1. The van der Waals surface area contributed by atoms with E-state index in [4.69, 9.17) is 9.15 Å². The number of ether oxygens (including phenoxy) is 1. The summed E-state index contributed by atoms with van der Waals surface area (Å²) in [5.41, 5.74) is 0.658. The maximum absolute atomic E-state index is 13.6. The van der Waals surface area contributed by atoms with Crippen molar-refractivity contribution in [1.29, 1.82) is 0 Å². The fraction of sp³-hybridized carbons (Fsp3) is 0.450. The van der Waals surface area contributed by atoms with E-state index in [2.05, 4.69) is 20.3 Å². The van der Waals surface area contributed by atoms with Gasteiger partial charge in [0.2, 0.25) is 10.0 Å². The van der Waals surface area contributed by atoms with Crippen LogP contribution in [0, 0.1) is 12.7 Å². The molecule has 8 nitrogen and oxygen atoms in total. The average Bonchev–Trinajstić information content (AvgIpc) is 3.20. The lowest BCUT2D eigenvalue weighted by atomic mass is 10.2. The number of sulfonamides is 1. The number of guanidine groups is 1. The summed E-state index contributed by atoms with van der Waals surface area (Å²) in [6.07, 6.45) is 2.32. The molecule has 0 saturated carbocycles. The van der Waals surface area contributed by atoms with Crippen LogP contribution in [0.25, 0.3) is 0 Å². The predicted octanol–water partition coefficient (Wildman–Crippen LogP) is 2.63. The van der Waals surface area contributed by atoms with E-state index < -0.39 is 15.8 Å². The van der Waals surface area contributed by atoms with Crippen LogP contribution in [-0.2, 0) is 21.4 Å². The number of furan rings is 1. The quantitative estimate of drug-likeness (QED) is 0.266. The minimum absolute atomic E-state index is 0.157. The van der Waals surface area contributed by atoms with Crippen LogP contribution in [0.2, 0.25) is 0 Å². The van der Waals surface area contributed by atoms with E-state index in [0.29, 0.717) is 37.8 Å². The van der Waals surface area contributed by atoms with Gasteiger partial charge in [-0.1, -0.05) is 6.07 Å². The van der Waals surface area contributed by atoms with Crippen molar-refractivity contribution in [3.05, 3.63) is 53.7 Å². The normalized spacial score (nSPS) is 12.0. The molecule has 0 atom stereocenters. The Balaban J connectivity index is 1.71. The van der Waals surface area contributed by atoms with Gasteiger partial charge >= 0.3 is 0 Å². The predicted molar refractivity (Wildman–Crippen MR) is 116 cm³/mol. The Hall–Kier alpha value is -2.59. The number of nitrogens with one attached hydrogen (secondary N) is 3. The first-order chi connectivity index (χ1) is 14.4. The fourth-order valence-electron chi connectivity index (χ4n) is 2.46. The molecule has 1 aromatic carbocycles. The van der Waals surface area contributed by atoms with Gasteiger partial charge in [-0.3, -0.25) is 9.71 Å². The fourth-order valence-corrected chi connectivity index (χ4v) is 3.42. The van der Waals surface area contributed by atoms with E-state index in [1.165, 1.54) is 18.2 Å². The molecule has 0 bridgehead atoms. The number of nitrogens with zero attached hydrogens (tertiary/aromatic N) is 1. The SMILES string of the molecule is CCNC(=NCCCOCc1ccco1)NCCS(=O)(=O)Nc1ccc(C)c(F)c1. The Kier molecular flexibility index (Phi) is 9.62. The van der Waals surface area contributed by atoms with Crippen molar-refractivity contribution in [2.45, 2.75) is 26.9 Å². The van der Waals surface area contributed by atoms with E-state index in [9.17, 15) is 12.8 Å². The number of hydrogen-bond donors (Lipinski definition) is 3. The summed E-state index contributed by atoms with van der Waals surface area (Å²) in [4.78, 5) is 4.40. The Labute approximate surface area is 177 Å². The van der Waals surface area contributed by atoms with Crippen LogP contribution in [0.15, 0.2) is 46.0 Å². The molecular weight excluding hydrogens is 411 g/mol. The molecule has 0 aliphatic heterocycles. The molecule has 0 saturated heterocycles. The third-order valence-electron chi connectivity index (χ3n) is 3.99. The van der Waals surface area contributed by atoms with Gasteiger partial charge in [-0.15, -0.1) is 0 Å². The van der Waals surface area contributed by atoms with Gasteiger partial charge in [-0.25, -0.2) is 12.8 Å². The molecule has 0 fully saturated rings. The van der Waals surface area contributed by atoms with Crippen molar-refractivity contribution in [1.82, 2.24) is 10.6 Å². The summed E-state index contributed by atoms with van der Waals surface area (Å²) >= 11 is 0. The van der Waals surface area contributed by atoms with E-state index in [0.717, 1.165) is 12.2 Å². The van der Waals surface area contributed by atoms with Crippen molar-refractivity contribution in [3.8, 4) is 0 Å². The minimum Gasteiger partial charge on any atom is -0.467 e. The highest BCUT2D eigenvalue weighted by molar-refractivity contribution is 7.92. The second-order valence-electron chi connectivity index (χ2n) is 6.56. The lowest BCUT2D eigenvalue weighted by Crippen LogP contribution is -2.40. The summed E-state index contributed by atoms with van der Waals surface area (Å²) in [6, 6.07) is 7.89. The van der Waals surface area contributed by atoms with Crippen LogP contribution in [0.3, 0.4) is 0 Å². The molecule has 0 unspecified atom stereocenters. The van der Waals surface area contributed by atoms with Gasteiger partial charge in [0, 0.05) is 26.2 Å². The number of rotatable bonds is 12. The molecule has 10 heteroatoms. The van der Waals surface area contributed by atoms with E-state index in [-0.39, 0.29) is 18.0 Å². The van der Waals surface area contributed by atoms with Gasteiger partial charge in [-0.2, -0.15) is 0 Å². The number of halogens is 1. The van der Waals surface area contributed by atoms with E-state index in [1.807, 2.05) is 19.1 Å². The van der Waals surface area contributed by atoms with Crippen LogP contribution in [0.4, 0.5) is 10.1 Å². The number of aryl methyl sites for hydroxylation is 1. The summed E-state index contributed by atoms with van der Waals surface area (Å²) in [5, 5.41) is 6.05. The van der Waals surface area contributed by atoms with Crippen LogP contribution < -0.4 is 15.4 Å². The summed E-state index contributed by atoms with van der Waals surface area (Å²) < 4.78 is 51.1. The van der Waals surface area contributed by atoms with Gasteiger partial charge < -0.3 is 19.8 Å². The molecule has 2 aromatic rings. The van der Waals surface area contributed by atoms with Gasteiger partial charge in [0.1, 0.15) is 18.2 Å². The standard InChI is InChI=1S/C20H29FN4O4S/c1-3-22-20(23-9-5-11-28-15-18-6-4-12-29-18)24-10-13-30(26,27)25-17-8-7-16(2)19(21)14-17/h4,6-8,12,14,25H,3,5,9-11,13,15H2,1-2H3,(H2,22,23,24). The number of hydrogen-bond acceptors (Lipinski definition) is 5. The molecule has 3 N–H and O–H groups in total.